The van der Waals surface area contributed by atoms with Gasteiger partial charge in [0.15, 0.2) is 5.89 Å². The predicted molar refractivity (Wildman–Crippen MR) is 91.1 cm³/mol. The molecule has 0 N–H and O–H groups in total. The van der Waals surface area contributed by atoms with E-state index >= 15 is 0 Å². The van der Waals surface area contributed by atoms with Gasteiger partial charge in [-0.2, -0.15) is 0 Å². The fraction of sp³-hybridized carbons (Fsp3) is 0.625. The Labute approximate surface area is 145 Å². The zero-order valence-electron chi connectivity index (χ0n) is 14.4. The number of carbonyl (C=O) groups excluding carboxylic acids is 1. The lowest BCUT2D eigenvalue weighted by Crippen LogP contribution is -2.35. The van der Waals surface area contributed by atoms with E-state index in [0.717, 1.165) is 42.6 Å². The average molecular weight is 349 g/mol. The summed E-state index contributed by atoms with van der Waals surface area (Å²) < 4.78 is 5.61. The highest BCUT2D eigenvalue weighted by atomic mass is 32.1. The average Bonchev–Trinajstić information content (AvgIpc) is 3.06. The number of amides is 1. The number of hydrogen-bond acceptors (Lipinski definition) is 7. The van der Waals surface area contributed by atoms with Crippen LogP contribution in [0.25, 0.3) is 0 Å². The maximum Gasteiger partial charge on any atom is 0.291 e. The van der Waals surface area contributed by atoms with Crippen LogP contribution in [0.5, 0.6) is 0 Å². The topological polar surface area (TPSA) is 75.4 Å². The van der Waals surface area contributed by atoms with Crippen LogP contribution in [-0.4, -0.2) is 57.1 Å². The van der Waals surface area contributed by atoms with E-state index in [1.165, 1.54) is 0 Å². The summed E-state index contributed by atoms with van der Waals surface area (Å²) in [6.07, 6.45) is 1.64. The van der Waals surface area contributed by atoms with Crippen LogP contribution in [0.15, 0.2) is 4.42 Å². The smallest absolute Gasteiger partial charge is 0.291 e. The number of hydrogen-bond donors (Lipinski definition) is 0. The first-order chi connectivity index (χ1) is 11.6. The van der Waals surface area contributed by atoms with E-state index in [4.69, 9.17) is 4.42 Å². The minimum Gasteiger partial charge on any atom is -0.435 e. The highest BCUT2D eigenvalue weighted by Gasteiger charge is 2.25. The number of oxazole rings is 1. The first-order valence-corrected chi connectivity index (χ1v) is 9.15. The molecule has 8 heteroatoms. The van der Waals surface area contributed by atoms with Crippen molar-refractivity contribution in [3.8, 4) is 0 Å². The molecular formula is C16H23N5O2S. The lowest BCUT2D eigenvalue weighted by atomic mass is 10.3. The maximum absolute atomic E-state index is 12.7. The normalized spacial score (nSPS) is 16.4. The highest BCUT2D eigenvalue weighted by Crippen LogP contribution is 2.17. The molecule has 2 aromatic heterocycles. The molecule has 0 radical (unpaired) electrons. The summed E-state index contributed by atoms with van der Waals surface area (Å²) in [4.78, 5) is 21.2. The summed E-state index contributed by atoms with van der Waals surface area (Å²) in [5.41, 5.74) is 0.683. The zero-order valence-corrected chi connectivity index (χ0v) is 15.2. The number of aromatic nitrogens is 3. The lowest BCUT2D eigenvalue weighted by molar-refractivity contribution is 0.0726. The summed E-state index contributed by atoms with van der Waals surface area (Å²) in [6.45, 7) is 9.79. The molecule has 1 fully saturated rings. The molecule has 0 spiro atoms. The van der Waals surface area contributed by atoms with Gasteiger partial charge in [0.25, 0.3) is 5.91 Å². The van der Waals surface area contributed by atoms with E-state index in [1.807, 2.05) is 25.7 Å². The maximum atomic E-state index is 12.7. The molecular weight excluding hydrogens is 326 g/mol. The standard InChI is InChI=1S/C16H23N5O2S/c1-4-13-17-11(2)15(23-13)16(22)21-7-5-6-20(8-9-21)10-14-19-18-12(3)24-14/h4-10H2,1-3H3. The number of rotatable bonds is 4. The predicted octanol–water partition coefficient (Wildman–Crippen LogP) is 2.05. The van der Waals surface area contributed by atoms with Crippen LogP contribution in [0.2, 0.25) is 0 Å². The Balaban J connectivity index is 1.62. The van der Waals surface area contributed by atoms with Crippen LogP contribution in [0.1, 0.15) is 45.5 Å². The summed E-state index contributed by atoms with van der Waals surface area (Å²) in [5, 5.41) is 10.3. The number of nitrogens with zero attached hydrogens (tertiary/aromatic N) is 5. The van der Waals surface area contributed by atoms with Crippen LogP contribution in [-0.2, 0) is 13.0 Å². The minimum absolute atomic E-state index is 0.0479. The molecule has 0 unspecified atom stereocenters. The van der Waals surface area contributed by atoms with Crippen molar-refractivity contribution in [1.82, 2.24) is 25.0 Å². The SMILES string of the molecule is CCc1nc(C)c(C(=O)N2CCCN(Cc3nnc(C)s3)CC2)o1. The molecule has 1 aliphatic rings. The summed E-state index contributed by atoms with van der Waals surface area (Å²) in [5.74, 6) is 0.965. The van der Waals surface area contributed by atoms with Gasteiger partial charge in [0, 0.05) is 32.6 Å². The van der Waals surface area contributed by atoms with Gasteiger partial charge in [-0.3, -0.25) is 9.69 Å². The second kappa shape index (κ2) is 7.40. The van der Waals surface area contributed by atoms with Crippen LogP contribution >= 0.6 is 11.3 Å². The molecule has 1 saturated heterocycles. The minimum atomic E-state index is -0.0479. The van der Waals surface area contributed by atoms with Crippen molar-refractivity contribution in [2.24, 2.45) is 0 Å². The van der Waals surface area contributed by atoms with Crippen LogP contribution < -0.4 is 0 Å². The molecule has 24 heavy (non-hydrogen) atoms. The monoisotopic (exact) mass is 349 g/mol. The van der Waals surface area contributed by atoms with Gasteiger partial charge in [-0.25, -0.2) is 4.98 Å². The van der Waals surface area contributed by atoms with Crippen LogP contribution in [0.3, 0.4) is 0 Å². The lowest BCUT2D eigenvalue weighted by Gasteiger charge is -2.20. The second-order valence-electron chi connectivity index (χ2n) is 6.01. The first-order valence-electron chi connectivity index (χ1n) is 8.33. The summed E-state index contributed by atoms with van der Waals surface area (Å²) in [6, 6.07) is 0. The van der Waals surface area contributed by atoms with Crippen LogP contribution in [0, 0.1) is 13.8 Å². The Morgan fingerprint density at radius 3 is 2.71 bits per heavy atom. The van der Waals surface area contributed by atoms with Crippen molar-refractivity contribution < 1.29 is 9.21 Å². The third kappa shape index (κ3) is 3.81. The van der Waals surface area contributed by atoms with Crippen molar-refractivity contribution in [2.75, 3.05) is 26.2 Å². The largest absolute Gasteiger partial charge is 0.435 e. The highest BCUT2D eigenvalue weighted by molar-refractivity contribution is 7.11. The van der Waals surface area contributed by atoms with Gasteiger partial charge in [-0.15, -0.1) is 21.5 Å². The Morgan fingerprint density at radius 1 is 1.21 bits per heavy atom. The van der Waals surface area contributed by atoms with Crippen molar-refractivity contribution >= 4 is 17.2 Å². The van der Waals surface area contributed by atoms with Gasteiger partial charge < -0.3 is 9.32 Å². The van der Waals surface area contributed by atoms with E-state index in [0.29, 0.717) is 30.3 Å². The molecule has 0 atom stereocenters. The Hall–Kier alpha value is -1.80. The molecule has 3 heterocycles. The van der Waals surface area contributed by atoms with E-state index < -0.39 is 0 Å². The van der Waals surface area contributed by atoms with Gasteiger partial charge in [-0.05, 0) is 20.3 Å². The van der Waals surface area contributed by atoms with Gasteiger partial charge >= 0.3 is 0 Å². The molecule has 3 rings (SSSR count). The summed E-state index contributed by atoms with van der Waals surface area (Å²) in [7, 11) is 0. The molecule has 0 saturated carbocycles. The molecule has 7 nitrogen and oxygen atoms in total. The molecule has 1 aliphatic heterocycles. The van der Waals surface area contributed by atoms with Crippen molar-refractivity contribution in [2.45, 2.75) is 40.2 Å². The van der Waals surface area contributed by atoms with Crippen molar-refractivity contribution in [3.05, 3.63) is 27.4 Å². The molecule has 0 bridgehead atoms. The molecule has 0 aromatic carbocycles. The van der Waals surface area contributed by atoms with E-state index in [-0.39, 0.29) is 5.91 Å². The Morgan fingerprint density at radius 2 is 2.04 bits per heavy atom. The fourth-order valence-electron chi connectivity index (χ4n) is 2.87. The molecule has 2 aromatic rings. The molecule has 1 amide bonds. The van der Waals surface area contributed by atoms with Gasteiger partial charge in [-0.1, -0.05) is 6.92 Å². The Bertz CT molecular complexity index is 711. The second-order valence-corrected chi connectivity index (χ2v) is 7.28. The van der Waals surface area contributed by atoms with Crippen molar-refractivity contribution in [1.29, 1.82) is 0 Å². The van der Waals surface area contributed by atoms with Gasteiger partial charge in [0.05, 0.1) is 12.2 Å². The molecule has 0 aliphatic carbocycles. The molecule has 130 valence electrons. The zero-order chi connectivity index (χ0) is 17.1. The van der Waals surface area contributed by atoms with Gasteiger partial charge in [0.1, 0.15) is 10.0 Å². The Kier molecular flexibility index (Phi) is 5.25. The third-order valence-corrected chi connectivity index (χ3v) is 4.96. The first kappa shape index (κ1) is 17.0. The fourth-order valence-corrected chi connectivity index (χ4v) is 3.62. The third-order valence-electron chi connectivity index (χ3n) is 4.14. The van der Waals surface area contributed by atoms with Crippen molar-refractivity contribution in [3.63, 3.8) is 0 Å². The summed E-state index contributed by atoms with van der Waals surface area (Å²) >= 11 is 1.63. The van der Waals surface area contributed by atoms with E-state index in [1.54, 1.807) is 11.3 Å². The van der Waals surface area contributed by atoms with Gasteiger partial charge in [0.2, 0.25) is 5.76 Å². The number of aryl methyl sites for hydroxylation is 3. The van der Waals surface area contributed by atoms with E-state index in [2.05, 4.69) is 20.1 Å². The van der Waals surface area contributed by atoms with Crippen LogP contribution in [0.4, 0.5) is 0 Å². The van der Waals surface area contributed by atoms with E-state index in [9.17, 15) is 4.79 Å². The quantitative estimate of drug-likeness (QED) is 0.841. The number of carbonyl (C=O) groups is 1.